The van der Waals surface area contributed by atoms with Crippen molar-refractivity contribution in [1.82, 2.24) is 0 Å². The highest BCUT2D eigenvalue weighted by Crippen LogP contribution is 2.23. The van der Waals surface area contributed by atoms with E-state index in [1.807, 2.05) is 12.1 Å². The minimum Gasteiger partial charge on any atom is -0.291 e. The van der Waals surface area contributed by atoms with Gasteiger partial charge >= 0.3 is 0 Å². The van der Waals surface area contributed by atoms with Crippen molar-refractivity contribution in [2.24, 2.45) is 0 Å². The number of ketones is 1. The lowest BCUT2D eigenvalue weighted by molar-refractivity contribution is 0.0774. The first kappa shape index (κ1) is 11.3. The molecule has 16 heavy (non-hydrogen) atoms. The lowest BCUT2D eigenvalue weighted by atomic mass is 9.89. The van der Waals surface area contributed by atoms with Crippen molar-refractivity contribution in [2.75, 3.05) is 6.26 Å². The molecule has 0 radical (unpaired) electrons. The number of Topliss-reactive ketones (excluding diaryl/α,β-unsaturated/α-hetero) is 1. The van der Waals surface area contributed by atoms with E-state index >= 15 is 0 Å². The molecule has 1 aromatic rings. The summed E-state index contributed by atoms with van der Waals surface area (Å²) < 4.78 is 26.7. The van der Waals surface area contributed by atoms with Gasteiger partial charge in [0.2, 0.25) is 0 Å². The van der Waals surface area contributed by atoms with Crippen LogP contribution in [0.15, 0.2) is 24.3 Å². The monoisotopic (exact) mass is 240 g/mol. The zero-order chi connectivity index (χ0) is 11.8. The molecule has 1 aromatic carbocycles. The van der Waals surface area contributed by atoms with Crippen LogP contribution in [-0.4, -0.2) is 26.6 Å². The lowest BCUT2D eigenvalue weighted by Crippen LogP contribution is -2.31. The molecule has 1 aliphatic rings. The molecular formula is C11H12O4S. The molecule has 0 aliphatic heterocycles. The summed E-state index contributed by atoms with van der Waals surface area (Å²) in [6.07, 6.45) is 1.19. The van der Waals surface area contributed by atoms with Gasteiger partial charge in [0.25, 0.3) is 10.1 Å². The smallest absolute Gasteiger partial charge is 0.265 e. The normalized spacial score (nSPS) is 20.6. The number of rotatable bonds is 2. The second-order valence-electron chi connectivity index (χ2n) is 3.85. The molecular weight excluding hydrogens is 228 g/mol. The Morgan fingerprint density at radius 3 is 2.69 bits per heavy atom. The van der Waals surface area contributed by atoms with Crippen molar-refractivity contribution in [3.8, 4) is 0 Å². The Hall–Kier alpha value is -1.20. The Kier molecular flexibility index (Phi) is 2.82. The minimum atomic E-state index is -3.58. The topological polar surface area (TPSA) is 60.4 Å². The fraction of sp³-hybridized carbons (Fsp3) is 0.364. The molecule has 1 atom stereocenters. The highest BCUT2D eigenvalue weighted by atomic mass is 32.2. The number of carbonyl (C=O) groups excluding carboxylic acids is 1. The fourth-order valence-corrected chi connectivity index (χ4v) is 2.48. The zero-order valence-electron chi connectivity index (χ0n) is 8.84. The van der Waals surface area contributed by atoms with E-state index in [0.29, 0.717) is 18.4 Å². The average Bonchev–Trinajstić information content (AvgIpc) is 2.21. The van der Waals surface area contributed by atoms with Crippen LogP contribution in [0.5, 0.6) is 0 Å². The van der Waals surface area contributed by atoms with Crippen LogP contribution in [0.2, 0.25) is 0 Å². The van der Waals surface area contributed by atoms with Gasteiger partial charge in [0.15, 0.2) is 5.78 Å². The summed E-state index contributed by atoms with van der Waals surface area (Å²) in [5, 5.41) is 0. The van der Waals surface area contributed by atoms with Crippen LogP contribution >= 0.6 is 0 Å². The highest BCUT2D eigenvalue weighted by molar-refractivity contribution is 7.86. The molecule has 5 heteroatoms. The molecule has 1 aliphatic carbocycles. The van der Waals surface area contributed by atoms with E-state index in [1.165, 1.54) is 0 Å². The van der Waals surface area contributed by atoms with Crippen molar-refractivity contribution in [3.63, 3.8) is 0 Å². The Morgan fingerprint density at radius 1 is 1.31 bits per heavy atom. The molecule has 0 spiro atoms. The number of fused-ring (bicyclic) bond motifs is 1. The third kappa shape index (κ3) is 2.31. The van der Waals surface area contributed by atoms with E-state index in [9.17, 15) is 13.2 Å². The van der Waals surface area contributed by atoms with Crippen LogP contribution in [0.4, 0.5) is 0 Å². The van der Waals surface area contributed by atoms with Crippen LogP contribution in [0.3, 0.4) is 0 Å². The summed E-state index contributed by atoms with van der Waals surface area (Å²) in [4.78, 5) is 11.9. The van der Waals surface area contributed by atoms with Crippen LogP contribution < -0.4 is 0 Å². The van der Waals surface area contributed by atoms with E-state index in [-0.39, 0.29) is 5.78 Å². The predicted molar refractivity (Wildman–Crippen MR) is 58.8 cm³/mol. The van der Waals surface area contributed by atoms with Crippen LogP contribution in [-0.2, 0) is 20.7 Å². The molecule has 0 N–H and O–H groups in total. The zero-order valence-corrected chi connectivity index (χ0v) is 9.66. The highest BCUT2D eigenvalue weighted by Gasteiger charge is 2.30. The van der Waals surface area contributed by atoms with Gasteiger partial charge in [-0.3, -0.25) is 8.98 Å². The summed E-state index contributed by atoms with van der Waals surface area (Å²) in [5.74, 6) is -0.243. The summed E-state index contributed by atoms with van der Waals surface area (Å²) in [5.41, 5.74) is 1.53. The maximum Gasteiger partial charge on any atom is 0.265 e. The van der Waals surface area contributed by atoms with Gasteiger partial charge < -0.3 is 0 Å². The van der Waals surface area contributed by atoms with Crippen molar-refractivity contribution >= 4 is 15.9 Å². The van der Waals surface area contributed by atoms with Gasteiger partial charge in [0, 0.05) is 5.56 Å². The van der Waals surface area contributed by atoms with E-state index in [4.69, 9.17) is 4.18 Å². The summed E-state index contributed by atoms with van der Waals surface area (Å²) in [6, 6.07) is 7.21. The summed E-state index contributed by atoms with van der Waals surface area (Å²) in [7, 11) is -3.58. The third-order valence-electron chi connectivity index (χ3n) is 2.54. The molecule has 0 heterocycles. The first-order chi connectivity index (χ1) is 7.47. The number of hydrogen-bond donors (Lipinski definition) is 0. The van der Waals surface area contributed by atoms with Gasteiger partial charge in [-0.1, -0.05) is 24.3 Å². The van der Waals surface area contributed by atoms with Crippen molar-refractivity contribution < 1.29 is 17.4 Å². The van der Waals surface area contributed by atoms with Gasteiger partial charge in [-0.2, -0.15) is 8.42 Å². The molecule has 0 saturated carbocycles. The first-order valence-corrected chi connectivity index (χ1v) is 6.79. The molecule has 0 fully saturated rings. The first-order valence-electron chi connectivity index (χ1n) is 4.98. The van der Waals surface area contributed by atoms with E-state index < -0.39 is 16.2 Å². The van der Waals surface area contributed by atoms with E-state index in [0.717, 1.165) is 11.8 Å². The molecule has 0 aromatic heterocycles. The third-order valence-corrected chi connectivity index (χ3v) is 3.12. The quantitative estimate of drug-likeness (QED) is 0.728. The molecule has 2 rings (SSSR count). The number of hydrogen-bond acceptors (Lipinski definition) is 4. The minimum absolute atomic E-state index is 0.243. The Bertz CT molecular complexity index is 519. The lowest BCUT2D eigenvalue weighted by Gasteiger charge is -2.22. The van der Waals surface area contributed by atoms with Crippen molar-refractivity contribution in [3.05, 3.63) is 35.4 Å². The molecule has 86 valence electrons. The Balaban J connectivity index is 2.28. The Morgan fingerprint density at radius 2 is 2.00 bits per heavy atom. The van der Waals surface area contributed by atoms with Crippen LogP contribution in [0.25, 0.3) is 0 Å². The van der Waals surface area contributed by atoms with Crippen LogP contribution in [0, 0.1) is 0 Å². The van der Waals surface area contributed by atoms with Gasteiger partial charge in [-0.05, 0) is 18.4 Å². The van der Waals surface area contributed by atoms with Gasteiger partial charge in [0.1, 0.15) is 6.10 Å². The Labute approximate surface area is 94.4 Å². The van der Waals surface area contributed by atoms with Crippen molar-refractivity contribution in [2.45, 2.75) is 18.9 Å². The molecule has 0 amide bonds. The summed E-state index contributed by atoms with van der Waals surface area (Å²) in [6.45, 7) is 0. The van der Waals surface area contributed by atoms with Gasteiger partial charge in [-0.15, -0.1) is 0 Å². The van der Waals surface area contributed by atoms with Gasteiger partial charge in [-0.25, -0.2) is 0 Å². The number of aryl methyl sites for hydroxylation is 1. The standard InChI is InChI=1S/C11H12O4S/c1-16(13,14)15-10-7-6-8-4-2-3-5-9(8)11(10)12/h2-5,10H,6-7H2,1H3. The second kappa shape index (κ2) is 3.99. The largest absolute Gasteiger partial charge is 0.291 e. The van der Waals surface area contributed by atoms with Crippen LogP contribution in [0.1, 0.15) is 22.3 Å². The maximum atomic E-state index is 11.9. The molecule has 0 saturated heterocycles. The molecule has 1 unspecified atom stereocenters. The predicted octanol–water partition coefficient (Wildman–Crippen LogP) is 1.16. The number of carbonyl (C=O) groups is 1. The molecule has 4 nitrogen and oxygen atoms in total. The van der Waals surface area contributed by atoms with E-state index in [1.54, 1.807) is 12.1 Å². The number of benzene rings is 1. The summed E-state index contributed by atoms with van der Waals surface area (Å²) >= 11 is 0. The SMILES string of the molecule is CS(=O)(=O)OC1CCc2ccccc2C1=O. The average molecular weight is 240 g/mol. The fourth-order valence-electron chi connectivity index (χ4n) is 1.87. The maximum absolute atomic E-state index is 11.9. The van der Waals surface area contributed by atoms with Gasteiger partial charge in [0.05, 0.1) is 6.26 Å². The van der Waals surface area contributed by atoms with Crippen molar-refractivity contribution in [1.29, 1.82) is 0 Å². The second-order valence-corrected chi connectivity index (χ2v) is 5.45. The van der Waals surface area contributed by atoms with E-state index in [2.05, 4.69) is 0 Å². The molecule has 0 bridgehead atoms.